The number of carbonyl (C=O) groups excluding carboxylic acids is 1. The highest BCUT2D eigenvalue weighted by Gasteiger charge is 2.57. The van der Waals surface area contributed by atoms with Gasteiger partial charge < -0.3 is 0 Å². The lowest BCUT2D eigenvalue weighted by Crippen LogP contribution is -2.51. The Labute approximate surface area is 129 Å². The molecule has 1 heteroatoms. The van der Waals surface area contributed by atoms with Gasteiger partial charge in [-0.15, -0.1) is 0 Å². The van der Waals surface area contributed by atoms with Crippen molar-refractivity contribution in [1.29, 1.82) is 0 Å². The molecule has 4 aliphatic carbocycles. The zero-order chi connectivity index (χ0) is 14.7. The number of hydrogen-bond donors (Lipinski definition) is 0. The lowest BCUT2D eigenvalue weighted by atomic mass is 9.47. The van der Waals surface area contributed by atoms with Crippen LogP contribution in [0.15, 0.2) is 12.2 Å². The van der Waals surface area contributed by atoms with E-state index in [0.29, 0.717) is 17.1 Å². The van der Waals surface area contributed by atoms with Gasteiger partial charge in [-0.2, -0.15) is 0 Å². The van der Waals surface area contributed by atoms with E-state index in [1.54, 1.807) is 0 Å². The minimum Gasteiger partial charge on any atom is -0.294 e. The van der Waals surface area contributed by atoms with E-state index in [0.717, 1.165) is 24.2 Å². The fourth-order valence-corrected chi connectivity index (χ4v) is 6.75. The van der Waals surface area contributed by atoms with Crippen LogP contribution in [0.5, 0.6) is 0 Å². The van der Waals surface area contributed by atoms with Gasteiger partial charge in [-0.3, -0.25) is 4.79 Å². The van der Waals surface area contributed by atoms with Crippen molar-refractivity contribution < 1.29 is 4.79 Å². The van der Waals surface area contributed by atoms with Crippen LogP contribution in [0.4, 0.5) is 0 Å². The lowest BCUT2D eigenvalue weighted by Gasteiger charge is -2.57. The van der Waals surface area contributed by atoms with Gasteiger partial charge in [-0.25, -0.2) is 0 Å². The Morgan fingerprint density at radius 1 is 1.00 bits per heavy atom. The molecule has 0 aromatic rings. The number of fused-ring (bicyclic) bond motifs is 5. The summed E-state index contributed by atoms with van der Waals surface area (Å²) in [5, 5.41) is 0. The van der Waals surface area contributed by atoms with Crippen LogP contribution in [0.1, 0.15) is 71.6 Å². The van der Waals surface area contributed by atoms with Gasteiger partial charge >= 0.3 is 0 Å². The average molecular weight is 286 g/mol. The van der Waals surface area contributed by atoms with E-state index in [4.69, 9.17) is 0 Å². The van der Waals surface area contributed by atoms with Gasteiger partial charge in [0.15, 0.2) is 5.78 Å². The zero-order valence-electron chi connectivity index (χ0n) is 13.7. The second-order valence-corrected chi connectivity index (χ2v) is 8.86. The highest BCUT2D eigenvalue weighted by molar-refractivity contribution is 5.97. The van der Waals surface area contributed by atoms with Crippen molar-refractivity contribution in [3.05, 3.63) is 12.2 Å². The third-order valence-corrected chi connectivity index (χ3v) is 8.10. The molecule has 3 unspecified atom stereocenters. The Balaban J connectivity index is 1.67. The Kier molecular flexibility index (Phi) is 3.14. The molecule has 1 nitrogen and oxygen atoms in total. The van der Waals surface area contributed by atoms with Gasteiger partial charge in [0.25, 0.3) is 0 Å². The summed E-state index contributed by atoms with van der Waals surface area (Å²) in [4.78, 5) is 12.3. The van der Waals surface area contributed by atoms with Crippen LogP contribution >= 0.6 is 0 Å². The molecule has 21 heavy (non-hydrogen) atoms. The zero-order valence-corrected chi connectivity index (χ0v) is 13.7. The average Bonchev–Trinajstić information content (AvgIpc) is 2.65. The Bertz CT molecular complexity index is 478. The fourth-order valence-electron chi connectivity index (χ4n) is 6.75. The summed E-state index contributed by atoms with van der Waals surface area (Å²) >= 11 is 0. The topological polar surface area (TPSA) is 17.1 Å². The summed E-state index contributed by atoms with van der Waals surface area (Å²) in [6, 6.07) is 0. The summed E-state index contributed by atoms with van der Waals surface area (Å²) in [7, 11) is 0. The van der Waals surface area contributed by atoms with E-state index in [2.05, 4.69) is 19.9 Å². The lowest BCUT2D eigenvalue weighted by molar-refractivity contribution is -0.134. The summed E-state index contributed by atoms with van der Waals surface area (Å²) in [5.74, 6) is 3.59. The molecule has 0 spiro atoms. The second-order valence-electron chi connectivity index (χ2n) is 8.86. The summed E-state index contributed by atoms with van der Waals surface area (Å²) in [6.07, 6.45) is 16.7. The van der Waals surface area contributed by atoms with Gasteiger partial charge in [0, 0.05) is 5.41 Å². The normalized spacial score (nSPS) is 52.8. The van der Waals surface area contributed by atoms with Crippen molar-refractivity contribution in [3.63, 3.8) is 0 Å². The minimum atomic E-state index is -0.0465. The van der Waals surface area contributed by atoms with Crippen molar-refractivity contribution in [2.45, 2.75) is 71.6 Å². The molecule has 3 saturated carbocycles. The monoisotopic (exact) mass is 286 g/mol. The molecule has 4 rings (SSSR count). The predicted molar refractivity (Wildman–Crippen MR) is 85.9 cm³/mol. The summed E-state index contributed by atoms with van der Waals surface area (Å²) < 4.78 is 0. The maximum atomic E-state index is 12.3. The standard InChI is InChI=1S/C20H30O/c1-19-12-5-3-4-6-14(19)7-8-15-16-9-10-18(21)20(16,2)13-11-17(15)19/h9-10,14-17H,3-8,11-13H2,1-2H3/t14?,15-,16?,17?,19-,20-/m0/s1. The van der Waals surface area contributed by atoms with Crippen LogP contribution < -0.4 is 0 Å². The summed E-state index contributed by atoms with van der Waals surface area (Å²) in [5.41, 5.74) is 0.523. The highest BCUT2D eigenvalue weighted by Crippen LogP contribution is 2.63. The highest BCUT2D eigenvalue weighted by atomic mass is 16.1. The number of carbonyl (C=O) groups is 1. The first kappa shape index (κ1) is 14.0. The van der Waals surface area contributed by atoms with E-state index in [1.165, 1.54) is 51.4 Å². The van der Waals surface area contributed by atoms with Gasteiger partial charge in [-0.1, -0.05) is 39.2 Å². The van der Waals surface area contributed by atoms with Gasteiger partial charge in [0.05, 0.1) is 0 Å². The number of rotatable bonds is 0. The molecule has 0 saturated heterocycles. The first-order valence-corrected chi connectivity index (χ1v) is 9.28. The molecule has 0 amide bonds. The molecule has 0 bridgehead atoms. The van der Waals surface area contributed by atoms with Crippen LogP contribution in [0, 0.1) is 34.5 Å². The molecule has 0 heterocycles. The summed E-state index contributed by atoms with van der Waals surface area (Å²) in [6.45, 7) is 4.86. The molecule has 6 atom stereocenters. The predicted octanol–water partition coefficient (Wildman–Crippen LogP) is 5.15. The fraction of sp³-hybridized carbons (Fsp3) is 0.850. The molecule has 0 aromatic carbocycles. The number of hydrogen-bond acceptors (Lipinski definition) is 1. The van der Waals surface area contributed by atoms with Crippen molar-refractivity contribution in [2.24, 2.45) is 34.5 Å². The van der Waals surface area contributed by atoms with E-state index < -0.39 is 0 Å². The van der Waals surface area contributed by atoms with E-state index in [9.17, 15) is 4.79 Å². The van der Waals surface area contributed by atoms with Crippen LogP contribution in [0.2, 0.25) is 0 Å². The SMILES string of the molecule is C[C@]12CCCCCC1CC[C@@H]1C2CC[C@]2(C)C(=O)C=CC12. The van der Waals surface area contributed by atoms with Crippen molar-refractivity contribution in [2.75, 3.05) is 0 Å². The Morgan fingerprint density at radius 3 is 2.71 bits per heavy atom. The quantitative estimate of drug-likeness (QED) is 0.601. The smallest absolute Gasteiger partial charge is 0.161 e. The molecule has 0 aromatic heterocycles. The largest absolute Gasteiger partial charge is 0.294 e. The third kappa shape index (κ3) is 1.85. The van der Waals surface area contributed by atoms with Crippen molar-refractivity contribution in [3.8, 4) is 0 Å². The van der Waals surface area contributed by atoms with Crippen LogP contribution in [-0.2, 0) is 4.79 Å². The van der Waals surface area contributed by atoms with Crippen LogP contribution in [0.3, 0.4) is 0 Å². The van der Waals surface area contributed by atoms with Gasteiger partial charge in [0.1, 0.15) is 0 Å². The Hall–Kier alpha value is -0.590. The second kappa shape index (κ2) is 4.70. The first-order valence-electron chi connectivity index (χ1n) is 9.28. The maximum absolute atomic E-state index is 12.3. The molecule has 0 aliphatic heterocycles. The number of ketones is 1. The minimum absolute atomic E-state index is 0.0465. The van der Waals surface area contributed by atoms with Crippen molar-refractivity contribution >= 4 is 5.78 Å². The van der Waals surface area contributed by atoms with E-state index in [1.807, 2.05) is 6.08 Å². The third-order valence-electron chi connectivity index (χ3n) is 8.10. The molecule has 3 fully saturated rings. The molecular weight excluding hydrogens is 256 g/mol. The van der Waals surface area contributed by atoms with Crippen LogP contribution in [0.25, 0.3) is 0 Å². The van der Waals surface area contributed by atoms with Gasteiger partial charge in [-0.05, 0) is 73.7 Å². The molecule has 4 aliphatic rings. The molecular formula is C20H30O. The van der Waals surface area contributed by atoms with E-state index >= 15 is 0 Å². The molecule has 116 valence electrons. The van der Waals surface area contributed by atoms with Crippen molar-refractivity contribution in [1.82, 2.24) is 0 Å². The molecule has 0 N–H and O–H groups in total. The first-order chi connectivity index (χ1) is 10.1. The Morgan fingerprint density at radius 2 is 1.86 bits per heavy atom. The van der Waals surface area contributed by atoms with Crippen LogP contribution in [-0.4, -0.2) is 5.78 Å². The molecule has 0 radical (unpaired) electrons. The number of allylic oxidation sites excluding steroid dienone is 2. The van der Waals surface area contributed by atoms with E-state index in [-0.39, 0.29) is 5.41 Å². The maximum Gasteiger partial charge on any atom is 0.161 e. The van der Waals surface area contributed by atoms with Gasteiger partial charge in [0.2, 0.25) is 0 Å².